The van der Waals surface area contributed by atoms with Crippen molar-refractivity contribution >= 4 is 11.8 Å². The molecule has 0 aromatic carbocycles. The van der Waals surface area contributed by atoms with Crippen molar-refractivity contribution in [1.82, 2.24) is 20.8 Å². The summed E-state index contributed by atoms with van der Waals surface area (Å²) in [6.45, 7) is 7.44. The maximum Gasteiger partial charge on any atom is 0.271 e. The smallest absolute Gasteiger partial charge is 0.271 e. The average Bonchev–Trinajstić information content (AvgIpc) is 2.63. The lowest BCUT2D eigenvalue weighted by atomic mass is 10.3. The molecule has 0 bridgehead atoms. The minimum Gasteiger partial charge on any atom is -0.349 e. The van der Waals surface area contributed by atoms with Gasteiger partial charge in [0.2, 0.25) is 0 Å². The lowest BCUT2D eigenvalue weighted by molar-refractivity contribution is 0.0932. The molecule has 1 heterocycles. The molecule has 2 amide bonds. The Bertz CT molecular complexity index is 373. The molecule has 17 heavy (non-hydrogen) atoms. The van der Waals surface area contributed by atoms with Gasteiger partial charge >= 0.3 is 0 Å². The van der Waals surface area contributed by atoms with Crippen molar-refractivity contribution in [3.05, 3.63) is 17.5 Å². The first-order chi connectivity index (χ1) is 7.90. The van der Waals surface area contributed by atoms with Crippen LogP contribution in [-0.4, -0.2) is 34.1 Å². The summed E-state index contributed by atoms with van der Waals surface area (Å²) in [4.78, 5) is 23.2. The van der Waals surface area contributed by atoms with Crippen LogP contribution >= 0.6 is 0 Å². The van der Waals surface area contributed by atoms with Crippen molar-refractivity contribution in [2.24, 2.45) is 0 Å². The Labute approximate surface area is 100 Å². The largest absolute Gasteiger partial charge is 0.349 e. The lowest BCUT2D eigenvalue weighted by Crippen LogP contribution is -2.31. The van der Waals surface area contributed by atoms with Crippen LogP contribution in [0.5, 0.6) is 0 Å². The summed E-state index contributed by atoms with van der Waals surface area (Å²) < 4.78 is 0. The molecular weight excluding hydrogens is 220 g/mol. The standard InChI is InChI=1S/C11H18N4O2/c1-6(2)12-10(16)8-5-9(15-14-8)11(17)13-7(3)4/h5-7H,1-4H3,(H,12,16)(H,13,17)(H,14,15). The van der Waals surface area contributed by atoms with E-state index in [-0.39, 0.29) is 35.3 Å². The van der Waals surface area contributed by atoms with E-state index in [1.54, 1.807) is 0 Å². The van der Waals surface area contributed by atoms with Crippen molar-refractivity contribution in [2.45, 2.75) is 39.8 Å². The summed E-state index contributed by atoms with van der Waals surface area (Å²) >= 11 is 0. The zero-order valence-electron chi connectivity index (χ0n) is 10.5. The summed E-state index contributed by atoms with van der Waals surface area (Å²) in [6, 6.07) is 1.51. The highest BCUT2D eigenvalue weighted by atomic mass is 16.2. The molecule has 0 spiro atoms. The van der Waals surface area contributed by atoms with E-state index in [1.807, 2.05) is 27.7 Å². The highest BCUT2D eigenvalue weighted by Crippen LogP contribution is 2.00. The zero-order valence-corrected chi connectivity index (χ0v) is 10.5. The molecule has 0 unspecified atom stereocenters. The maximum atomic E-state index is 11.6. The molecule has 1 aromatic heterocycles. The van der Waals surface area contributed by atoms with Crippen LogP contribution in [0.2, 0.25) is 0 Å². The van der Waals surface area contributed by atoms with Crippen LogP contribution in [0.1, 0.15) is 48.7 Å². The van der Waals surface area contributed by atoms with Gasteiger partial charge in [0.05, 0.1) is 0 Å². The first kappa shape index (κ1) is 13.2. The van der Waals surface area contributed by atoms with Gasteiger partial charge in [-0.05, 0) is 27.7 Å². The fourth-order valence-electron chi connectivity index (χ4n) is 1.23. The molecule has 0 aliphatic heterocycles. The van der Waals surface area contributed by atoms with Crippen LogP contribution in [0.15, 0.2) is 6.07 Å². The summed E-state index contributed by atoms with van der Waals surface area (Å²) in [7, 11) is 0. The minimum absolute atomic E-state index is 0.0344. The number of rotatable bonds is 4. The second-order valence-corrected chi connectivity index (χ2v) is 4.42. The number of nitrogens with one attached hydrogen (secondary N) is 3. The lowest BCUT2D eigenvalue weighted by Gasteiger charge is -2.05. The molecule has 0 fully saturated rings. The Hall–Kier alpha value is -1.85. The van der Waals surface area contributed by atoms with Crippen molar-refractivity contribution in [1.29, 1.82) is 0 Å². The van der Waals surface area contributed by atoms with Gasteiger partial charge < -0.3 is 10.6 Å². The number of hydrogen-bond acceptors (Lipinski definition) is 3. The third kappa shape index (κ3) is 3.90. The fraction of sp³-hybridized carbons (Fsp3) is 0.545. The van der Waals surface area contributed by atoms with Gasteiger partial charge in [-0.2, -0.15) is 5.10 Å². The SMILES string of the molecule is CC(C)NC(=O)c1cc(C(=O)NC(C)C)[nH]n1. The third-order valence-electron chi connectivity index (χ3n) is 1.89. The Balaban J connectivity index is 2.71. The second kappa shape index (κ2) is 5.47. The van der Waals surface area contributed by atoms with Crippen molar-refractivity contribution in [2.75, 3.05) is 0 Å². The van der Waals surface area contributed by atoms with E-state index in [1.165, 1.54) is 6.07 Å². The molecule has 94 valence electrons. The molecule has 0 radical (unpaired) electrons. The van der Waals surface area contributed by atoms with Gasteiger partial charge in [0.15, 0.2) is 5.69 Å². The Kier molecular flexibility index (Phi) is 4.25. The molecule has 6 heteroatoms. The molecular formula is C11H18N4O2. The topological polar surface area (TPSA) is 86.9 Å². The third-order valence-corrected chi connectivity index (χ3v) is 1.89. The van der Waals surface area contributed by atoms with Crippen LogP contribution in [0.4, 0.5) is 0 Å². The minimum atomic E-state index is -0.292. The molecule has 3 N–H and O–H groups in total. The van der Waals surface area contributed by atoms with Gasteiger partial charge in [0.1, 0.15) is 5.69 Å². The van der Waals surface area contributed by atoms with Gasteiger partial charge in [-0.15, -0.1) is 0 Å². The highest BCUT2D eigenvalue weighted by Gasteiger charge is 2.15. The maximum absolute atomic E-state index is 11.6. The Morgan fingerprint density at radius 2 is 1.65 bits per heavy atom. The van der Waals surface area contributed by atoms with Crippen LogP contribution in [-0.2, 0) is 0 Å². The molecule has 0 aliphatic rings. The molecule has 6 nitrogen and oxygen atoms in total. The van der Waals surface area contributed by atoms with Crippen LogP contribution in [0.25, 0.3) is 0 Å². The number of H-pyrrole nitrogens is 1. The Morgan fingerprint density at radius 1 is 1.12 bits per heavy atom. The van der Waals surface area contributed by atoms with Crippen LogP contribution in [0, 0.1) is 0 Å². The number of aromatic nitrogens is 2. The van der Waals surface area contributed by atoms with E-state index in [2.05, 4.69) is 20.8 Å². The van der Waals surface area contributed by atoms with Gasteiger partial charge in [0, 0.05) is 18.2 Å². The number of nitrogens with zero attached hydrogens (tertiary/aromatic N) is 1. The van der Waals surface area contributed by atoms with E-state index < -0.39 is 0 Å². The number of carbonyl (C=O) groups excluding carboxylic acids is 2. The van der Waals surface area contributed by atoms with Gasteiger partial charge in [-0.3, -0.25) is 14.7 Å². The van der Waals surface area contributed by atoms with Crippen molar-refractivity contribution in [3.8, 4) is 0 Å². The average molecular weight is 238 g/mol. The van der Waals surface area contributed by atoms with Gasteiger partial charge in [0.25, 0.3) is 11.8 Å². The van der Waals surface area contributed by atoms with E-state index in [9.17, 15) is 9.59 Å². The quantitative estimate of drug-likeness (QED) is 0.721. The number of aromatic amines is 1. The molecule has 1 aromatic rings. The molecule has 0 atom stereocenters. The zero-order chi connectivity index (χ0) is 13.0. The van der Waals surface area contributed by atoms with Crippen molar-refractivity contribution < 1.29 is 9.59 Å². The van der Waals surface area contributed by atoms with E-state index in [0.29, 0.717) is 0 Å². The predicted molar refractivity (Wildman–Crippen MR) is 63.8 cm³/mol. The second-order valence-electron chi connectivity index (χ2n) is 4.42. The van der Waals surface area contributed by atoms with Crippen LogP contribution < -0.4 is 10.6 Å². The molecule has 1 rings (SSSR count). The number of carbonyl (C=O) groups is 2. The summed E-state index contributed by atoms with van der Waals surface area (Å²) in [5, 5.41) is 11.8. The highest BCUT2D eigenvalue weighted by molar-refractivity contribution is 5.97. The summed E-state index contributed by atoms with van der Waals surface area (Å²) in [6.07, 6.45) is 0. The monoisotopic (exact) mass is 238 g/mol. The Morgan fingerprint density at radius 3 is 2.18 bits per heavy atom. The van der Waals surface area contributed by atoms with Crippen LogP contribution in [0.3, 0.4) is 0 Å². The van der Waals surface area contributed by atoms with Gasteiger partial charge in [-0.25, -0.2) is 0 Å². The molecule has 0 saturated carbocycles. The predicted octanol–water partition coefficient (Wildman–Crippen LogP) is 0.686. The summed E-state index contributed by atoms with van der Waals surface area (Å²) in [5.41, 5.74) is 0.500. The van der Waals surface area contributed by atoms with Gasteiger partial charge in [-0.1, -0.05) is 0 Å². The van der Waals surface area contributed by atoms with E-state index in [0.717, 1.165) is 0 Å². The first-order valence-corrected chi connectivity index (χ1v) is 5.57. The van der Waals surface area contributed by atoms with E-state index in [4.69, 9.17) is 0 Å². The molecule has 0 saturated heterocycles. The fourth-order valence-corrected chi connectivity index (χ4v) is 1.23. The molecule has 0 aliphatic carbocycles. The van der Waals surface area contributed by atoms with E-state index >= 15 is 0 Å². The number of amides is 2. The normalized spacial score (nSPS) is 10.7. The van der Waals surface area contributed by atoms with Crippen molar-refractivity contribution in [3.63, 3.8) is 0 Å². The first-order valence-electron chi connectivity index (χ1n) is 5.57. The summed E-state index contributed by atoms with van der Waals surface area (Å²) in [5.74, 6) is -0.559. The number of hydrogen-bond donors (Lipinski definition) is 3.